The molecular formula is C15H20F2N4O4. The number of rotatable bonds is 4. The van der Waals surface area contributed by atoms with Gasteiger partial charge in [0.2, 0.25) is 11.5 Å². The van der Waals surface area contributed by atoms with Crippen LogP contribution in [0, 0.1) is 0 Å². The SMILES string of the molecule is CC(C)(C)OC(=O)N1CC(Oc2ccc(N)c(C(N)=O)n2)(C(F)F)C1. The van der Waals surface area contributed by atoms with E-state index in [4.69, 9.17) is 20.9 Å². The topological polar surface area (TPSA) is 121 Å². The molecule has 1 aliphatic heterocycles. The molecule has 2 rings (SSSR count). The summed E-state index contributed by atoms with van der Waals surface area (Å²) in [6.07, 6.45) is -3.60. The number of aromatic nitrogens is 1. The Morgan fingerprint density at radius 1 is 1.32 bits per heavy atom. The Balaban J connectivity index is 2.13. The Kier molecular flexibility index (Phi) is 4.74. The van der Waals surface area contributed by atoms with E-state index in [-0.39, 0.29) is 30.4 Å². The predicted octanol–water partition coefficient (Wildman–Crippen LogP) is 1.40. The number of anilines is 1. The van der Waals surface area contributed by atoms with E-state index in [1.807, 2.05) is 0 Å². The first-order chi connectivity index (χ1) is 11.4. The van der Waals surface area contributed by atoms with Crippen molar-refractivity contribution in [3.8, 4) is 5.88 Å². The molecule has 0 atom stereocenters. The van der Waals surface area contributed by atoms with Gasteiger partial charge in [-0.05, 0) is 26.8 Å². The van der Waals surface area contributed by atoms with Crippen LogP contribution < -0.4 is 16.2 Å². The van der Waals surface area contributed by atoms with Gasteiger partial charge in [-0.3, -0.25) is 9.69 Å². The summed E-state index contributed by atoms with van der Waals surface area (Å²) < 4.78 is 37.4. The fourth-order valence-electron chi connectivity index (χ4n) is 2.22. The first-order valence-corrected chi connectivity index (χ1v) is 7.45. The Hall–Kier alpha value is -2.65. The number of halogens is 2. The number of alkyl halides is 2. The lowest BCUT2D eigenvalue weighted by Crippen LogP contribution is -2.70. The summed E-state index contributed by atoms with van der Waals surface area (Å²) in [5, 5.41) is 0. The highest BCUT2D eigenvalue weighted by atomic mass is 19.3. The van der Waals surface area contributed by atoms with Crippen LogP contribution in [-0.4, -0.2) is 52.6 Å². The van der Waals surface area contributed by atoms with Gasteiger partial charge < -0.3 is 20.9 Å². The fraction of sp³-hybridized carbons (Fsp3) is 0.533. The highest BCUT2D eigenvalue weighted by Crippen LogP contribution is 2.34. The van der Waals surface area contributed by atoms with Crippen LogP contribution in [0.4, 0.5) is 19.3 Å². The Labute approximate surface area is 143 Å². The number of carbonyl (C=O) groups is 2. The lowest BCUT2D eigenvalue weighted by molar-refractivity contribution is -0.158. The lowest BCUT2D eigenvalue weighted by Gasteiger charge is -2.48. The molecule has 0 unspecified atom stereocenters. The van der Waals surface area contributed by atoms with Gasteiger partial charge in [0.1, 0.15) is 5.60 Å². The number of nitrogen functional groups attached to an aromatic ring is 1. The van der Waals surface area contributed by atoms with Crippen molar-refractivity contribution >= 4 is 17.7 Å². The van der Waals surface area contributed by atoms with E-state index in [0.29, 0.717) is 0 Å². The van der Waals surface area contributed by atoms with Gasteiger partial charge in [0.15, 0.2) is 5.69 Å². The number of amides is 2. The zero-order valence-corrected chi connectivity index (χ0v) is 14.1. The molecule has 2 amide bonds. The normalized spacial score (nSPS) is 16.3. The lowest BCUT2D eigenvalue weighted by atomic mass is 9.95. The van der Waals surface area contributed by atoms with E-state index in [2.05, 4.69) is 4.98 Å². The predicted molar refractivity (Wildman–Crippen MR) is 84.3 cm³/mol. The first-order valence-electron chi connectivity index (χ1n) is 7.45. The quantitative estimate of drug-likeness (QED) is 0.839. The standard InChI is InChI=1S/C15H20F2N4O4/c1-14(2,3)25-13(23)21-6-15(7-21,12(16)17)24-9-5-4-8(18)10(20-9)11(19)22/h4-5,12H,6-7,18H2,1-3H3,(H2,19,22). The van der Waals surface area contributed by atoms with Crippen molar-refractivity contribution < 1.29 is 27.8 Å². The summed E-state index contributed by atoms with van der Waals surface area (Å²) in [5.74, 6) is -1.13. The van der Waals surface area contributed by atoms with Crippen LogP contribution in [0.2, 0.25) is 0 Å². The van der Waals surface area contributed by atoms with Crippen molar-refractivity contribution in [2.75, 3.05) is 18.8 Å². The number of likely N-dealkylation sites (tertiary alicyclic amines) is 1. The second-order valence-electron chi connectivity index (χ2n) is 6.76. The zero-order valence-electron chi connectivity index (χ0n) is 14.1. The summed E-state index contributed by atoms with van der Waals surface area (Å²) in [7, 11) is 0. The molecule has 1 fully saturated rings. The number of primary amides is 1. The van der Waals surface area contributed by atoms with Gasteiger partial charge in [-0.2, -0.15) is 0 Å². The maximum atomic E-state index is 13.5. The van der Waals surface area contributed by atoms with Crippen LogP contribution in [0.5, 0.6) is 5.88 Å². The number of ether oxygens (including phenoxy) is 2. The molecule has 8 nitrogen and oxygen atoms in total. The smallest absolute Gasteiger partial charge is 0.410 e. The number of pyridine rings is 1. The molecule has 10 heteroatoms. The zero-order chi connectivity index (χ0) is 19.0. The minimum absolute atomic E-state index is 0.00920. The average molecular weight is 358 g/mol. The van der Waals surface area contributed by atoms with Crippen molar-refractivity contribution in [3.05, 3.63) is 17.8 Å². The number of nitrogens with zero attached hydrogens (tertiary/aromatic N) is 2. The molecule has 0 radical (unpaired) electrons. The minimum atomic E-state index is -2.89. The summed E-state index contributed by atoms with van der Waals surface area (Å²) in [6.45, 7) is 4.26. The van der Waals surface area contributed by atoms with E-state index in [1.165, 1.54) is 12.1 Å². The molecule has 0 aromatic carbocycles. The molecule has 1 aliphatic rings. The molecule has 2 heterocycles. The molecule has 0 aliphatic carbocycles. The van der Waals surface area contributed by atoms with E-state index in [9.17, 15) is 18.4 Å². The molecule has 1 saturated heterocycles. The van der Waals surface area contributed by atoms with E-state index >= 15 is 0 Å². The van der Waals surface area contributed by atoms with Crippen molar-refractivity contribution in [2.24, 2.45) is 5.73 Å². The third-order valence-corrected chi connectivity index (χ3v) is 3.41. The molecule has 1 aromatic rings. The summed E-state index contributed by atoms with van der Waals surface area (Å²) in [5.41, 5.74) is 7.72. The Bertz CT molecular complexity index is 685. The van der Waals surface area contributed by atoms with E-state index < -0.39 is 29.6 Å². The van der Waals surface area contributed by atoms with Crippen molar-refractivity contribution in [2.45, 2.75) is 38.4 Å². The van der Waals surface area contributed by atoms with E-state index in [0.717, 1.165) is 4.90 Å². The monoisotopic (exact) mass is 358 g/mol. The second kappa shape index (κ2) is 6.34. The van der Waals surface area contributed by atoms with Crippen LogP contribution >= 0.6 is 0 Å². The molecule has 0 bridgehead atoms. The summed E-state index contributed by atoms with van der Waals surface area (Å²) >= 11 is 0. The largest absolute Gasteiger partial charge is 0.461 e. The van der Waals surface area contributed by atoms with Gasteiger partial charge in [0, 0.05) is 6.07 Å². The molecule has 1 aromatic heterocycles. The van der Waals surface area contributed by atoms with Crippen LogP contribution in [0.1, 0.15) is 31.3 Å². The minimum Gasteiger partial charge on any atom is -0.461 e. The third-order valence-electron chi connectivity index (χ3n) is 3.41. The van der Waals surface area contributed by atoms with Gasteiger partial charge in [-0.1, -0.05) is 0 Å². The van der Waals surface area contributed by atoms with Crippen LogP contribution in [0.25, 0.3) is 0 Å². The second-order valence-corrected chi connectivity index (χ2v) is 6.76. The highest BCUT2D eigenvalue weighted by molar-refractivity contribution is 5.95. The third kappa shape index (κ3) is 4.06. The van der Waals surface area contributed by atoms with Gasteiger partial charge in [-0.15, -0.1) is 0 Å². The molecule has 0 saturated carbocycles. The van der Waals surface area contributed by atoms with Crippen LogP contribution in [0.15, 0.2) is 12.1 Å². The highest BCUT2D eigenvalue weighted by Gasteiger charge is 2.56. The Morgan fingerprint density at radius 3 is 2.40 bits per heavy atom. The summed E-state index contributed by atoms with van der Waals surface area (Å²) in [6, 6.07) is 2.54. The fourth-order valence-corrected chi connectivity index (χ4v) is 2.22. The van der Waals surface area contributed by atoms with Crippen LogP contribution in [0.3, 0.4) is 0 Å². The van der Waals surface area contributed by atoms with E-state index in [1.54, 1.807) is 20.8 Å². The average Bonchev–Trinajstić information content (AvgIpc) is 2.41. The maximum Gasteiger partial charge on any atom is 0.410 e. The summed E-state index contributed by atoms with van der Waals surface area (Å²) in [4.78, 5) is 28.0. The molecular weight excluding hydrogens is 338 g/mol. The van der Waals surface area contributed by atoms with Crippen molar-refractivity contribution in [1.82, 2.24) is 9.88 Å². The van der Waals surface area contributed by atoms with Crippen molar-refractivity contribution in [1.29, 1.82) is 0 Å². The van der Waals surface area contributed by atoms with Gasteiger partial charge in [-0.25, -0.2) is 18.6 Å². The van der Waals surface area contributed by atoms with Gasteiger partial charge in [0.05, 0.1) is 18.8 Å². The number of carbonyl (C=O) groups excluding carboxylic acids is 2. The first kappa shape index (κ1) is 18.7. The molecule has 0 spiro atoms. The van der Waals surface area contributed by atoms with Gasteiger partial charge in [0.25, 0.3) is 12.3 Å². The molecule has 4 N–H and O–H groups in total. The van der Waals surface area contributed by atoms with Crippen LogP contribution in [-0.2, 0) is 4.74 Å². The molecule has 138 valence electrons. The van der Waals surface area contributed by atoms with Crippen molar-refractivity contribution in [3.63, 3.8) is 0 Å². The van der Waals surface area contributed by atoms with Gasteiger partial charge >= 0.3 is 6.09 Å². The number of hydrogen-bond donors (Lipinski definition) is 2. The maximum absolute atomic E-state index is 13.5. The number of hydrogen-bond acceptors (Lipinski definition) is 6. The number of nitrogens with two attached hydrogens (primary N) is 2. The molecule has 25 heavy (non-hydrogen) atoms. The Morgan fingerprint density at radius 2 is 1.92 bits per heavy atom.